The monoisotopic (exact) mass is 299 g/mol. The Morgan fingerprint density at radius 2 is 2.14 bits per heavy atom. The third-order valence-corrected chi connectivity index (χ3v) is 4.30. The minimum absolute atomic E-state index is 0.0318. The van der Waals surface area contributed by atoms with Crippen LogP contribution in [0.15, 0.2) is 41.1 Å². The zero-order valence-electron chi connectivity index (χ0n) is 12.5. The van der Waals surface area contributed by atoms with E-state index in [1.54, 1.807) is 0 Å². The molecule has 1 aromatic carbocycles. The van der Waals surface area contributed by atoms with Crippen LogP contribution in [0.25, 0.3) is 11.3 Å². The maximum Gasteiger partial charge on any atom is 0.220 e. The molecule has 5 heteroatoms. The molecule has 0 aliphatic heterocycles. The van der Waals surface area contributed by atoms with Crippen LogP contribution in [-0.2, 0) is 11.3 Å². The van der Waals surface area contributed by atoms with Crippen LogP contribution >= 0.6 is 0 Å². The molecule has 2 aromatic rings. The summed E-state index contributed by atoms with van der Waals surface area (Å²) in [4.78, 5) is 16.3. The number of carbonyl (C=O) groups is 1. The molecule has 1 fully saturated rings. The van der Waals surface area contributed by atoms with Gasteiger partial charge in [-0.05, 0) is 18.8 Å². The first-order valence-corrected chi connectivity index (χ1v) is 7.74. The van der Waals surface area contributed by atoms with Crippen molar-refractivity contribution in [1.29, 1.82) is 0 Å². The van der Waals surface area contributed by atoms with Gasteiger partial charge in [-0.3, -0.25) is 4.79 Å². The molecule has 116 valence electrons. The highest BCUT2D eigenvalue weighted by molar-refractivity contribution is 5.76. The fourth-order valence-corrected chi connectivity index (χ4v) is 3.03. The lowest BCUT2D eigenvalue weighted by Crippen LogP contribution is -2.31. The Balaban J connectivity index is 1.58. The molecule has 0 saturated heterocycles. The maximum absolute atomic E-state index is 12.1. The van der Waals surface area contributed by atoms with Crippen molar-refractivity contribution in [2.75, 3.05) is 0 Å². The van der Waals surface area contributed by atoms with Gasteiger partial charge in [0.05, 0.1) is 6.54 Å². The molecular weight excluding hydrogens is 278 g/mol. The molecule has 5 nitrogen and oxygen atoms in total. The van der Waals surface area contributed by atoms with Crippen LogP contribution in [0.4, 0.5) is 0 Å². The van der Waals surface area contributed by atoms with Crippen molar-refractivity contribution < 1.29 is 9.21 Å². The number of aromatic nitrogens is 1. The molecule has 1 amide bonds. The van der Waals surface area contributed by atoms with Gasteiger partial charge in [-0.2, -0.15) is 0 Å². The first kappa shape index (κ1) is 14.8. The summed E-state index contributed by atoms with van der Waals surface area (Å²) in [6.07, 6.45) is 5.12. The summed E-state index contributed by atoms with van der Waals surface area (Å²) >= 11 is 0. The van der Waals surface area contributed by atoms with Crippen LogP contribution in [0.1, 0.15) is 31.4 Å². The lowest BCUT2D eigenvalue weighted by molar-refractivity contribution is -0.122. The second-order valence-corrected chi connectivity index (χ2v) is 5.83. The van der Waals surface area contributed by atoms with Gasteiger partial charge < -0.3 is 15.5 Å². The lowest BCUT2D eigenvalue weighted by atomic mass is 10.00. The number of carbonyl (C=O) groups excluding carboxylic acids is 1. The number of nitrogens with zero attached hydrogens (tertiary/aromatic N) is 1. The first-order chi connectivity index (χ1) is 10.7. The van der Waals surface area contributed by atoms with E-state index in [9.17, 15) is 4.79 Å². The predicted octanol–water partition coefficient (Wildman–Crippen LogP) is 2.48. The second kappa shape index (κ2) is 6.75. The number of hydrogen-bond donors (Lipinski definition) is 2. The van der Waals surface area contributed by atoms with E-state index in [-0.39, 0.29) is 11.9 Å². The fourth-order valence-electron chi connectivity index (χ4n) is 3.03. The quantitative estimate of drug-likeness (QED) is 0.888. The van der Waals surface area contributed by atoms with Gasteiger partial charge in [0, 0.05) is 18.0 Å². The molecule has 0 bridgehead atoms. The zero-order valence-corrected chi connectivity index (χ0v) is 12.5. The molecule has 0 spiro atoms. The SMILES string of the molecule is N[C@@H]1CCC[C@H]1CC(=O)NCc1ncoc1-c1ccccc1. The van der Waals surface area contributed by atoms with E-state index in [2.05, 4.69) is 10.3 Å². The summed E-state index contributed by atoms with van der Waals surface area (Å²) in [5, 5.41) is 2.93. The molecule has 1 aliphatic rings. The molecular formula is C17H21N3O2. The van der Waals surface area contributed by atoms with Crippen LogP contribution in [0.3, 0.4) is 0 Å². The second-order valence-electron chi connectivity index (χ2n) is 5.83. The normalized spacial score (nSPS) is 21.0. The Morgan fingerprint density at radius 1 is 1.32 bits per heavy atom. The molecule has 0 radical (unpaired) electrons. The van der Waals surface area contributed by atoms with Crippen LogP contribution in [0, 0.1) is 5.92 Å². The van der Waals surface area contributed by atoms with Crippen LogP contribution in [0.5, 0.6) is 0 Å². The van der Waals surface area contributed by atoms with Gasteiger partial charge in [0.2, 0.25) is 5.91 Å². The topological polar surface area (TPSA) is 81.2 Å². The number of nitrogens with one attached hydrogen (secondary N) is 1. The molecule has 3 N–H and O–H groups in total. The molecule has 3 rings (SSSR count). The number of nitrogens with two attached hydrogens (primary N) is 1. The van der Waals surface area contributed by atoms with E-state index >= 15 is 0 Å². The van der Waals surface area contributed by atoms with Gasteiger partial charge in [-0.1, -0.05) is 36.8 Å². The summed E-state index contributed by atoms with van der Waals surface area (Å²) < 4.78 is 5.45. The Labute approximate surface area is 129 Å². The van der Waals surface area contributed by atoms with E-state index in [1.165, 1.54) is 6.39 Å². The van der Waals surface area contributed by atoms with Gasteiger partial charge in [-0.25, -0.2) is 4.98 Å². The molecule has 0 unspecified atom stereocenters. The zero-order chi connectivity index (χ0) is 15.4. The fraction of sp³-hybridized carbons (Fsp3) is 0.412. The summed E-state index contributed by atoms with van der Waals surface area (Å²) in [6.45, 7) is 0.377. The van der Waals surface area contributed by atoms with Crippen molar-refractivity contribution in [1.82, 2.24) is 10.3 Å². The Bertz CT molecular complexity index is 624. The molecule has 1 heterocycles. The minimum Gasteiger partial charge on any atom is -0.443 e. The maximum atomic E-state index is 12.1. The van der Waals surface area contributed by atoms with E-state index in [0.29, 0.717) is 24.6 Å². The predicted molar refractivity (Wildman–Crippen MR) is 83.7 cm³/mol. The highest BCUT2D eigenvalue weighted by atomic mass is 16.3. The highest BCUT2D eigenvalue weighted by Crippen LogP contribution is 2.27. The molecule has 22 heavy (non-hydrogen) atoms. The largest absolute Gasteiger partial charge is 0.443 e. The molecule has 1 aromatic heterocycles. The third kappa shape index (κ3) is 3.36. The van der Waals surface area contributed by atoms with E-state index in [0.717, 1.165) is 30.5 Å². The van der Waals surface area contributed by atoms with Crippen molar-refractivity contribution >= 4 is 5.91 Å². The minimum atomic E-state index is 0.0318. The number of hydrogen-bond acceptors (Lipinski definition) is 4. The van der Waals surface area contributed by atoms with Crippen molar-refractivity contribution in [2.45, 2.75) is 38.3 Å². The van der Waals surface area contributed by atoms with Gasteiger partial charge >= 0.3 is 0 Å². The van der Waals surface area contributed by atoms with Gasteiger partial charge in [0.1, 0.15) is 5.69 Å². The summed E-state index contributed by atoms with van der Waals surface area (Å²) in [6, 6.07) is 9.93. The highest BCUT2D eigenvalue weighted by Gasteiger charge is 2.26. The smallest absolute Gasteiger partial charge is 0.220 e. The number of rotatable bonds is 5. The lowest BCUT2D eigenvalue weighted by Gasteiger charge is -2.14. The average Bonchev–Trinajstić information content (AvgIpc) is 3.16. The first-order valence-electron chi connectivity index (χ1n) is 7.74. The summed E-state index contributed by atoms with van der Waals surface area (Å²) in [5.74, 6) is 1.05. The van der Waals surface area contributed by atoms with Crippen LogP contribution < -0.4 is 11.1 Å². The van der Waals surface area contributed by atoms with Crippen molar-refractivity contribution in [3.8, 4) is 11.3 Å². The van der Waals surface area contributed by atoms with E-state index < -0.39 is 0 Å². The summed E-state index contributed by atoms with van der Waals surface area (Å²) in [7, 11) is 0. The average molecular weight is 299 g/mol. The summed E-state index contributed by atoms with van der Waals surface area (Å²) in [5.41, 5.74) is 7.72. The number of oxazole rings is 1. The third-order valence-electron chi connectivity index (χ3n) is 4.30. The van der Waals surface area contributed by atoms with E-state index in [1.807, 2.05) is 30.3 Å². The van der Waals surface area contributed by atoms with Gasteiger partial charge in [-0.15, -0.1) is 0 Å². The van der Waals surface area contributed by atoms with Crippen LogP contribution in [0.2, 0.25) is 0 Å². The number of amides is 1. The van der Waals surface area contributed by atoms with Crippen molar-refractivity contribution in [2.24, 2.45) is 11.7 Å². The van der Waals surface area contributed by atoms with Crippen molar-refractivity contribution in [3.05, 3.63) is 42.4 Å². The van der Waals surface area contributed by atoms with Gasteiger partial charge in [0.25, 0.3) is 0 Å². The Morgan fingerprint density at radius 3 is 2.86 bits per heavy atom. The standard InChI is InChI=1S/C17H21N3O2/c18-14-8-4-7-13(14)9-16(21)19-10-15-17(22-11-20-15)12-5-2-1-3-6-12/h1-3,5-6,11,13-14H,4,7-10,18H2,(H,19,21)/t13-,14+/m0/s1. The van der Waals surface area contributed by atoms with Crippen LogP contribution in [-0.4, -0.2) is 16.9 Å². The number of benzene rings is 1. The van der Waals surface area contributed by atoms with Gasteiger partial charge in [0.15, 0.2) is 12.2 Å². The van der Waals surface area contributed by atoms with Crippen molar-refractivity contribution in [3.63, 3.8) is 0 Å². The Kier molecular flexibility index (Phi) is 4.53. The molecule has 1 saturated carbocycles. The Hall–Kier alpha value is -2.14. The molecule has 1 aliphatic carbocycles. The van der Waals surface area contributed by atoms with E-state index in [4.69, 9.17) is 10.2 Å². The molecule has 2 atom stereocenters.